The van der Waals surface area contributed by atoms with E-state index in [1.807, 2.05) is 13.0 Å². The predicted octanol–water partition coefficient (Wildman–Crippen LogP) is 1.25. The van der Waals surface area contributed by atoms with Crippen molar-refractivity contribution in [2.75, 3.05) is 33.0 Å². The van der Waals surface area contributed by atoms with Crippen LogP contribution in [0.15, 0.2) is 12.3 Å². The Morgan fingerprint density at radius 3 is 2.50 bits per heavy atom. The Morgan fingerprint density at radius 1 is 1.19 bits per heavy atom. The summed E-state index contributed by atoms with van der Waals surface area (Å²) in [5, 5.41) is 0. The molecule has 2 fully saturated rings. The molecule has 0 amide bonds. The molecule has 0 bridgehead atoms. The van der Waals surface area contributed by atoms with Gasteiger partial charge in [-0.05, 0) is 13.3 Å². The first-order valence-electron chi connectivity index (χ1n) is 5.63. The second-order valence-electron chi connectivity index (χ2n) is 3.84. The molecule has 0 N–H and O–H groups in total. The lowest BCUT2D eigenvalue weighted by Crippen LogP contribution is -2.51. The first-order chi connectivity index (χ1) is 7.85. The lowest BCUT2D eigenvalue weighted by atomic mass is 10.2. The molecule has 0 aromatic heterocycles. The zero-order valence-corrected chi connectivity index (χ0v) is 9.52. The molecule has 0 atom stereocenters. The maximum absolute atomic E-state index is 5.48. The van der Waals surface area contributed by atoms with Crippen molar-refractivity contribution in [2.24, 2.45) is 5.92 Å². The van der Waals surface area contributed by atoms with E-state index in [0.29, 0.717) is 33.0 Å². The van der Waals surface area contributed by atoms with Gasteiger partial charge in [-0.2, -0.15) is 0 Å². The van der Waals surface area contributed by atoms with Crippen LogP contribution in [-0.4, -0.2) is 39.2 Å². The van der Waals surface area contributed by atoms with Crippen molar-refractivity contribution in [2.45, 2.75) is 19.5 Å². The quantitative estimate of drug-likeness (QED) is 0.683. The molecule has 2 heterocycles. The van der Waals surface area contributed by atoms with Crippen LogP contribution in [0.25, 0.3) is 0 Å². The molecule has 92 valence electrons. The fourth-order valence-electron chi connectivity index (χ4n) is 1.58. The second kappa shape index (κ2) is 5.63. The van der Waals surface area contributed by atoms with Crippen LogP contribution < -0.4 is 0 Å². The summed E-state index contributed by atoms with van der Waals surface area (Å²) in [6.07, 6.45) is 3.15. The maximum atomic E-state index is 5.48. The zero-order chi connectivity index (χ0) is 11.3. The molecular weight excluding hydrogens is 212 g/mol. The van der Waals surface area contributed by atoms with Gasteiger partial charge in [-0.25, -0.2) is 0 Å². The lowest BCUT2D eigenvalue weighted by Gasteiger charge is -2.39. The Bertz CT molecular complexity index is 225. The zero-order valence-electron chi connectivity index (χ0n) is 9.52. The van der Waals surface area contributed by atoms with Crippen molar-refractivity contribution in [3.8, 4) is 0 Å². The Balaban J connectivity index is 1.73. The number of hydrogen-bond donors (Lipinski definition) is 0. The molecule has 0 aliphatic carbocycles. The van der Waals surface area contributed by atoms with Crippen LogP contribution in [-0.2, 0) is 23.7 Å². The average molecular weight is 230 g/mol. The molecule has 16 heavy (non-hydrogen) atoms. The molecule has 2 aliphatic heterocycles. The summed E-state index contributed by atoms with van der Waals surface area (Å²) in [6, 6.07) is 0. The third-order valence-electron chi connectivity index (χ3n) is 2.40. The topological polar surface area (TPSA) is 46.2 Å². The first kappa shape index (κ1) is 11.9. The van der Waals surface area contributed by atoms with Gasteiger partial charge in [0, 0.05) is 5.92 Å². The summed E-state index contributed by atoms with van der Waals surface area (Å²) in [5.74, 6) is 0.218. The van der Waals surface area contributed by atoms with Crippen molar-refractivity contribution >= 4 is 0 Å². The Labute approximate surface area is 95.3 Å². The molecule has 0 saturated carbocycles. The van der Waals surface area contributed by atoms with Gasteiger partial charge in [0.25, 0.3) is 0 Å². The lowest BCUT2D eigenvalue weighted by molar-refractivity contribution is -0.530. The molecule has 0 aromatic carbocycles. The molecule has 0 aromatic rings. The molecule has 5 nitrogen and oxygen atoms in total. The van der Waals surface area contributed by atoms with E-state index in [-0.39, 0.29) is 5.92 Å². The Kier molecular flexibility index (Phi) is 4.17. The van der Waals surface area contributed by atoms with Crippen LogP contribution in [0.3, 0.4) is 0 Å². The number of ether oxygens (including phenoxy) is 5. The average Bonchev–Trinajstić information content (AvgIpc) is 2.33. The van der Waals surface area contributed by atoms with Crippen molar-refractivity contribution in [3.05, 3.63) is 12.3 Å². The Hall–Kier alpha value is -0.620. The number of allylic oxidation sites excluding steroid dienone is 1. The molecule has 2 rings (SSSR count). The predicted molar refractivity (Wildman–Crippen MR) is 55.4 cm³/mol. The van der Waals surface area contributed by atoms with E-state index in [1.165, 1.54) is 0 Å². The van der Waals surface area contributed by atoms with Crippen molar-refractivity contribution in [3.63, 3.8) is 0 Å². The van der Waals surface area contributed by atoms with Crippen molar-refractivity contribution in [1.29, 1.82) is 0 Å². The SMILES string of the molecule is CC=COCC1COC2(OCCCO2)OC1. The highest BCUT2D eigenvalue weighted by Crippen LogP contribution is 2.27. The second-order valence-corrected chi connectivity index (χ2v) is 3.84. The minimum Gasteiger partial charge on any atom is -0.501 e. The summed E-state index contributed by atoms with van der Waals surface area (Å²) in [4.78, 5) is 0. The van der Waals surface area contributed by atoms with E-state index >= 15 is 0 Å². The molecule has 0 radical (unpaired) electrons. The molecule has 2 aliphatic rings. The smallest absolute Gasteiger partial charge is 0.412 e. The summed E-state index contributed by atoms with van der Waals surface area (Å²) >= 11 is 0. The Morgan fingerprint density at radius 2 is 1.88 bits per heavy atom. The molecular formula is C11H18O5. The fourth-order valence-corrected chi connectivity index (χ4v) is 1.58. The van der Waals surface area contributed by atoms with Crippen LogP contribution in [0, 0.1) is 5.92 Å². The van der Waals surface area contributed by atoms with Gasteiger partial charge < -0.3 is 23.7 Å². The highest BCUT2D eigenvalue weighted by molar-refractivity contribution is 4.69. The van der Waals surface area contributed by atoms with Gasteiger partial charge in [-0.1, -0.05) is 6.08 Å². The third kappa shape index (κ3) is 2.95. The summed E-state index contributed by atoms with van der Waals surface area (Å²) in [7, 11) is 0. The van der Waals surface area contributed by atoms with Crippen LogP contribution in [0.1, 0.15) is 13.3 Å². The van der Waals surface area contributed by atoms with Gasteiger partial charge in [-0.3, -0.25) is 0 Å². The van der Waals surface area contributed by atoms with Crippen LogP contribution >= 0.6 is 0 Å². The standard InChI is InChI=1S/C11H18O5/c1-2-4-12-7-10-8-15-11(16-9-10)13-5-3-6-14-11/h2,4,10H,3,5-9H2,1H3. The summed E-state index contributed by atoms with van der Waals surface area (Å²) < 4.78 is 27.0. The number of hydrogen-bond acceptors (Lipinski definition) is 5. The number of rotatable bonds is 3. The summed E-state index contributed by atoms with van der Waals surface area (Å²) in [5.41, 5.74) is 0. The highest BCUT2D eigenvalue weighted by Gasteiger charge is 2.42. The van der Waals surface area contributed by atoms with Crippen LogP contribution in [0.5, 0.6) is 0 Å². The van der Waals surface area contributed by atoms with Gasteiger partial charge in [0.15, 0.2) is 0 Å². The van der Waals surface area contributed by atoms with Gasteiger partial charge in [0.05, 0.1) is 39.3 Å². The van der Waals surface area contributed by atoms with Gasteiger partial charge >= 0.3 is 6.16 Å². The van der Waals surface area contributed by atoms with Gasteiger partial charge in [-0.15, -0.1) is 0 Å². The van der Waals surface area contributed by atoms with E-state index in [2.05, 4.69) is 0 Å². The summed E-state index contributed by atoms with van der Waals surface area (Å²) in [6.45, 7) is 4.77. The molecule has 2 saturated heterocycles. The minimum absolute atomic E-state index is 0.218. The van der Waals surface area contributed by atoms with Crippen LogP contribution in [0.4, 0.5) is 0 Å². The highest BCUT2D eigenvalue weighted by atomic mass is 17.0. The van der Waals surface area contributed by atoms with Crippen molar-refractivity contribution in [1.82, 2.24) is 0 Å². The largest absolute Gasteiger partial charge is 0.501 e. The minimum atomic E-state index is -1.24. The van der Waals surface area contributed by atoms with E-state index in [1.54, 1.807) is 6.26 Å². The molecule has 0 unspecified atom stereocenters. The molecule has 1 spiro atoms. The van der Waals surface area contributed by atoms with E-state index < -0.39 is 6.16 Å². The van der Waals surface area contributed by atoms with E-state index in [0.717, 1.165) is 6.42 Å². The molecule has 5 heteroatoms. The van der Waals surface area contributed by atoms with Crippen molar-refractivity contribution < 1.29 is 23.7 Å². The monoisotopic (exact) mass is 230 g/mol. The van der Waals surface area contributed by atoms with Gasteiger partial charge in [0.1, 0.15) is 0 Å². The normalized spacial score (nSPS) is 26.3. The van der Waals surface area contributed by atoms with E-state index in [4.69, 9.17) is 23.7 Å². The van der Waals surface area contributed by atoms with Crippen LogP contribution in [0.2, 0.25) is 0 Å². The third-order valence-corrected chi connectivity index (χ3v) is 2.40. The first-order valence-corrected chi connectivity index (χ1v) is 5.63. The van der Waals surface area contributed by atoms with Gasteiger partial charge in [0.2, 0.25) is 0 Å². The van der Waals surface area contributed by atoms with E-state index in [9.17, 15) is 0 Å². The fraction of sp³-hybridized carbons (Fsp3) is 0.818. The maximum Gasteiger partial charge on any atom is 0.412 e.